The largest absolute Gasteiger partial charge is 0.294 e. The lowest BCUT2D eigenvalue weighted by Crippen LogP contribution is -2.01. The molecule has 118 valence electrons. The van der Waals surface area contributed by atoms with E-state index >= 15 is 0 Å². The maximum atomic E-state index is 13.4. The van der Waals surface area contributed by atoms with Crippen LogP contribution in [0.5, 0.6) is 0 Å². The normalized spacial score (nSPS) is 10.8. The number of halogens is 1. The van der Waals surface area contributed by atoms with E-state index < -0.39 is 5.82 Å². The Morgan fingerprint density at radius 1 is 0.857 bits per heavy atom. The van der Waals surface area contributed by atoms with Crippen LogP contribution >= 0.6 is 0 Å². The molecule has 0 atom stereocenters. The van der Waals surface area contributed by atoms with Crippen LogP contribution in [-0.4, -0.2) is 5.78 Å². The summed E-state index contributed by atoms with van der Waals surface area (Å²) in [5.74, 6) is -0.456. The van der Waals surface area contributed by atoms with Crippen molar-refractivity contribution in [3.63, 3.8) is 0 Å². The Bertz CT molecular complexity index is 400. The molecule has 0 aliphatic carbocycles. The van der Waals surface area contributed by atoms with Crippen LogP contribution in [0.15, 0.2) is 24.3 Å². The SMILES string of the molecule is CCCCCCCCCCCCC(=O)c1ccccc1F. The minimum absolute atomic E-state index is 0.0623. The van der Waals surface area contributed by atoms with Gasteiger partial charge in [0.15, 0.2) is 5.78 Å². The summed E-state index contributed by atoms with van der Waals surface area (Å²) in [6.07, 6.45) is 12.9. The Labute approximate surface area is 129 Å². The Balaban J connectivity index is 1.99. The Morgan fingerprint density at radius 3 is 1.95 bits per heavy atom. The van der Waals surface area contributed by atoms with Gasteiger partial charge in [-0.15, -0.1) is 0 Å². The van der Waals surface area contributed by atoms with Crippen molar-refractivity contribution in [2.75, 3.05) is 0 Å². The summed E-state index contributed by atoms with van der Waals surface area (Å²) >= 11 is 0. The fourth-order valence-electron chi connectivity index (χ4n) is 2.60. The van der Waals surface area contributed by atoms with Gasteiger partial charge >= 0.3 is 0 Å². The van der Waals surface area contributed by atoms with Crippen molar-refractivity contribution in [2.45, 2.75) is 77.6 Å². The molecule has 0 N–H and O–H groups in total. The second kappa shape index (κ2) is 11.5. The molecule has 0 saturated heterocycles. The lowest BCUT2D eigenvalue weighted by molar-refractivity contribution is 0.0975. The predicted molar refractivity (Wildman–Crippen MR) is 87.2 cm³/mol. The standard InChI is InChI=1S/C19H29FO/c1-2-3-4-5-6-7-8-9-10-11-16-19(21)17-14-12-13-15-18(17)20/h12-15H,2-11,16H2,1H3. The van der Waals surface area contributed by atoms with Gasteiger partial charge in [-0.25, -0.2) is 4.39 Å². The third-order valence-corrected chi connectivity index (χ3v) is 3.93. The predicted octanol–water partition coefficient (Wildman–Crippen LogP) is 6.32. The van der Waals surface area contributed by atoms with Crippen LogP contribution in [0.4, 0.5) is 4.39 Å². The molecule has 0 fully saturated rings. The van der Waals surface area contributed by atoms with E-state index in [1.165, 1.54) is 57.4 Å². The van der Waals surface area contributed by atoms with E-state index in [1.54, 1.807) is 18.2 Å². The number of hydrogen-bond donors (Lipinski definition) is 0. The summed E-state index contributed by atoms with van der Waals surface area (Å²) in [6, 6.07) is 6.27. The van der Waals surface area contributed by atoms with Crippen molar-refractivity contribution in [3.05, 3.63) is 35.6 Å². The molecule has 21 heavy (non-hydrogen) atoms. The number of carbonyl (C=O) groups excluding carboxylic acids is 1. The average Bonchev–Trinajstić information content (AvgIpc) is 2.49. The third-order valence-electron chi connectivity index (χ3n) is 3.93. The quantitative estimate of drug-likeness (QED) is 0.325. The zero-order valence-electron chi connectivity index (χ0n) is 13.4. The van der Waals surface area contributed by atoms with Crippen molar-refractivity contribution in [3.8, 4) is 0 Å². The summed E-state index contributed by atoms with van der Waals surface area (Å²) in [5.41, 5.74) is 0.244. The third kappa shape index (κ3) is 7.99. The summed E-state index contributed by atoms with van der Waals surface area (Å²) in [6.45, 7) is 2.24. The minimum atomic E-state index is -0.394. The van der Waals surface area contributed by atoms with Gasteiger partial charge in [0.05, 0.1) is 5.56 Å². The molecule has 1 rings (SSSR count). The first-order valence-corrected chi connectivity index (χ1v) is 8.53. The molecule has 0 radical (unpaired) electrons. The van der Waals surface area contributed by atoms with E-state index in [4.69, 9.17) is 0 Å². The molecule has 0 unspecified atom stereocenters. The van der Waals surface area contributed by atoms with Gasteiger partial charge in [-0.2, -0.15) is 0 Å². The zero-order valence-corrected chi connectivity index (χ0v) is 13.4. The molecule has 0 aromatic heterocycles. The van der Waals surface area contributed by atoms with Crippen molar-refractivity contribution in [2.24, 2.45) is 0 Å². The fraction of sp³-hybridized carbons (Fsp3) is 0.632. The molecule has 2 heteroatoms. The van der Waals surface area contributed by atoms with Crippen molar-refractivity contribution >= 4 is 5.78 Å². The van der Waals surface area contributed by atoms with E-state index in [-0.39, 0.29) is 11.3 Å². The number of unbranched alkanes of at least 4 members (excludes halogenated alkanes) is 9. The van der Waals surface area contributed by atoms with Crippen molar-refractivity contribution in [1.29, 1.82) is 0 Å². The van der Waals surface area contributed by atoms with Crippen LogP contribution in [0.3, 0.4) is 0 Å². The molecular formula is C19H29FO. The van der Waals surface area contributed by atoms with Crippen molar-refractivity contribution < 1.29 is 9.18 Å². The lowest BCUT2D eigenvalue weighted by Gasteiger charge is -2.03. The zero-order chi connectivity index (χ0) is 15.3. The number of benzene rings is 1. The second-order valence-corrected chi connectivity index (χ2v) is 5.84. The van der Waals surface area contributed by atoms with Crippen molar-refractivity contribution in [1.82, 2.24) is 0 Å². The molecule has 0 bridgehead atoms. The van der Waals surface area contributed by atoms with Crippen LogP contribution in [-0.2, 0) is 0 Å². The summed E-state index contributed by atoms with van der Waals surface area (Å²) < 4.78 is 13.4. The number of Topliss-reactive ketones (excluding diaryl/α,β-unsaturated/α-hetero) is 1. The maximum absolute atomic E-state index is 13.4. The number of rotatable bonds is 12. The van der Waals surface area contributed by atoms with Crippen LogP contribution in [0.25, 0.3) is 0 Å². The molecule has 0 spiro atoms. The highest BCUT2D eigenvalue weighted by molar-refractivity contribution is 5.96. The van der Waals surface area contributed by atoms with E-state index in [2.05, 4.69) is 6.92 Å². The topological polar surface area (TPSA) is 17.1 Å². The molecule has 0 amide bonds. The van der Waals surface area contributed by atoms with Gasteiger partial charge in [-0.1, -0.05) is 76.8 Å². The second-order valence-electron chi connectivity index (χ2n) is 5.84. The van der Waals surface area contributed by atoms with E-state index in [0.717, 1.165) is 12.8 Å². The smallest absolute Gasteiger partial charge is 0.165 e. The highest BCUT2D eigenvalue weighted by Crippen LogP contribution is 2.14. The molecule has 0 saturated carbocycles. The number of hydrogen-bond acceptors (Lipinski definition) is 1. The van der Waals surface area contributed by atoms with Gasteiger partial charge in [0.2, 0.25) is 0 Å². The Kier molecular flexibility index (Phi) is 9.77. The molecular weight excluding hydrogens is 263 g/mol. The fourth-order valence-corrected chi connectivity index (χ4v) is 2.60. The first-order valence-electron chi connectivity index (χ1n) is 8.53. The number of carbonyl (C=O) groups is 1. The average molecular weight is 292 g/mol. The Hall–Kier alpha value is -1.18. The van der Waals surface area contributed by atoms with Gasteiger partial charge in [0.25, 0.3) is 0 Å². The monoisotopic (exact) mass is 292 g/mol. The van der Waals surface area contributed by atoms with Crippen LogP contribution < -0.4 is 0 Å². The maximum Gasteiger partial charge on any atom is 0.165 e. The summed E-state index contributed by atoms with van der Waals surface area (Å²) in [5, 5.41) is 0. The summed E-state index contributed by atoms with van der Waals surface area (Å²) in [7, 11) is 0. The van der Waals surface area contributed by atoms with E-state index in [0.29, 0.717) is 6.42 Å². The van der Waals surface area contributed by atoms with E-state index in [1.807, 2.05) is 0 Å². The van der Waals surface area contributed by atoms with E-state index in [9.17, 15) is 9.18 Å². The molecule has 1 aromatic rings. The highest BCUT2D eigenvalue weighted by Gasteiger charge is 2.09. The van der Waals surface area contributed by atoms with Crippen LogP contribution in [0.2, 0.25) is 0 Å². The molecule has 0 aliphatic rings. The lowest BCUT2D eigenvalue weighted by atomic mass is 10.0. The minimum Gasteiger partial charge on any atom is -0.294 e. The van der Waals surface area contributed by atoms with Gasteiger partial charge < -0.3 is 0 Å². The molecule has 0 aliphatic heterocycles. The van der Waals surface area contributed by atoms with Gasteiger partial charge in [-0.3, -0.25) is 4.79 Å². The van der Waals surface area contributed by atoms with Gasteiger partial charge in [0, 0.05) is 6.42 Å². The molecule has 0 heterocycles. The van der Waals surface area contributed by atoms with Gasteiger partial charge in [-0.05, 0) is 18.6 Å². The first-order chi connectivity index (χ1) is 10.3. The summed E-state index contributed by atoms with van der Waals surface area (Å²) in [4.78, 5) is 11.9. The molecule has 1 nitrogen and oxygen atoms in total. The Morgan fingerprint density at radius 2 is 1.38 bits per heavy atom. The molecule has 1 aromatic carbocycles. The van der Waals surface area contributed by atoms with Crippen LogP contribution in [0, 0.1) is 5.82 Å². The van der Waals surface area contributed by atoms with Crippen LogP contribution in [0.1, 0.15) is 87.9 Å². The first kappa shape index (κ1) is 17.9. The van der Waals surface area contributed by atoms with Gasteiger partial charge in [0.1, 0.15) is 5.82 Å². The number of ketones is 1. The highest BCUT2D eigenvalue weighted by atomic mass is 19.1.